The number of unbranched alkanes of at least 4 members (excludes halogenated alkanes) is 9. The highest BCUT2D eigenvalue weighted by Crippen LogP contribution is 2.32. The van der Waals surface area contributed by atoms with Gasteiger partial charge in [-0.05, 0) is 45.2 Å². The van der Waals surface area contributed by atoms with Crippen LogP contribution in [0.4, 0.5) is 0 Å². The summed E-state index contributed by atoms with van der Waals surface area (Å²) in [5.41, 5.74) is 0. The Hall–Kier alpha value is -0.160. The van der Waals surface area contributed by atoms with Crippen LogP contribution in [-0.4, -0.2) is 62.2 Å². The van der Waals surface area contributed by atoms with E-state index in [0.29, 0.717) is 0 Å². The van der Waals surface area contributed by atoms with Gasteiger partial charge in [-0.3, -0.25) is 9.80 Å². The van der Waals surface area contributed by atoms with Crippen LogP contribution in [0, 0.1) is 0 Å². The number of rotatable bonds is 24. The fourth-order valence-electron chi connectivity index (χ4n) is 4.81. The second-order valence-electron chi connectivity index (χ2n) is 9.55. The highest BCUT2D eigenvalue weighted by molar-refractivity contribution is 4.89. The van der Waals surface area contributed by atoms with Gasteiger partial charge in [-0.15, -0.1) is 0 Å². The van der Waals surface area contributed by atoms with E-state index in [-0.39, 0.29) is 6.04 Å². The second kappa shape index (κ2) is 21.4. The van der Waals surface area contributed by atoms with Crippen LogP contribution in [0.2, 0.25) is 0 Å². The van der Waals surface area contributed by atoms with Crippen molar-refractivity contribution in [2.75, 3.05) is 40.4 Å². The average Bonchev–Trinajstić information content (AvgIpc) is 2.82. The summed E-state index contributed by atoms with van der Waals surface area (Å²) in [4.78, 5) is 5.25. The second-order valence-corrected chi connectivity index (χ2v) is 9.55. The van der Waals surface area contributed by atoms with Crippen LogP contribution in [0.25, 0.3) is 0 Å². The van der Waals surface area contributed by atoms with E-state index in [1.807, 2.05) is 14.2 Å². The molecule has 0 saturated heterocycles. The molecule has 0 N–H and O–H groups in total. The van der Waals surface area contributed by atoms with Gasteiger partial charge in [-0.2, -0.15) is 0 Å². The van der Waals surface area contributed by atoms with Crippen molar-refractivity contribution >= 4 is 0 Å². The number of hydrogen-bond acceptors (Lipinski definition) is 4. The smallest absolute Gasteiger partial charge is 0.245 e. The van der Waals surface area contributed by atoms with Crippen molar-refractivity contribution in [1.82, 2.24) is 9.80 Å². The van der Waals surface area contributed by atoms with Crippen molar-refractivity contribution in [3.8, 4) is 0 Å². The topological polar surface area (TPSA) is 24.9 Å². The molecule has 0 aromatic carbocycles. The molecule has 4 nitrogen and oxygen atoms in total. The van der Waals surface area contributed by atoms with Crippen molar-refractivity contribution < 1.29 is 9.47 Å². The molecule has 0 radical (unpaired) electrons. The Morgan fingerprint density at radius 1 is 0.531 bits per heavy atom. The van der Waals surface area contributed by atoms with Crippen LogP contribution in [0.5, 0.6) is 0 Å². The minimum Gasteiger partial charge on any atom is -0.339 e. The Morgan fingerprint density at radius 3 is 1.38 bits per heavy atom. The first-order valence-corrected chi connectivity index (χ1v) is 14.2. The summed E-state index contributed by atoms with van der Waals surface area (Å²) < 4.78 is 12.8. The normalized spacial score (nSPS) is 13.4. The van der Waals surface area contributed by atoms with E-state index in [0.717, 1.165) is 32.6 Å². The van der Waals surface area contributed by atoms with Gasteiger partial charge in [0.25, 0.3) is 0 Å². The monoisotopic (exact) mass is 456 g/mol. The highest BCUT2D eigenvalue weighted by Gasteiger charge is 2.47. The van der Waals surface area contributed by atoms with Gasteiger partial charge in [0.05, 0.1) is 6.04 Å². The van der Waals surface area contributed by atoms with Crippen LogP contribution >= 0.6 is 0 Å². The molecule has 0 aliphatic carbocycles. The maximum Gasteiger partial charge on any atom is 0.245 e. The Kier molecular flexibility index (Phi) is 21.3. The van der Waals surface area contributed by atoms with E-state index >= 15 is 0 Å². The first-order valence-electron chi connectivity index (χ1n) is 14.2. The number of nitrogens with zero attached hydrogens (tertiary/aromatic N) is 2. The van der Waals surface area contributed by atoms with Gasteiger partial charge in [-0.25, -0.2) is 0 Å². The Bertz CT molecular complexity index is 372. The van der Waals surface area contributed by atoms with E-state index in [9.17, 15) is 0 Å². The third-order valence-corrected chi connectivity index (χ3v) is 6.88. The van der Waals surface area contributed by atoms with Crippen molar-refractivity contribution in [2.45, 2.75) is 143 Å². The first kappa shape index (κ1) is 31.8. The van der Waals surface area contributed by atoms with Gasteiger partial charge in [0.15, 0.2) is 0 Å². The summed E-state index contributed by atoms with van der Waals surface area (Å²) in [6.45, 7) is 15.8. The van der Waals surface area contributed by atoms with Crippen LogP contribution in [0.15, 0.2) is 0 Å². The molecule has 0 spiro atoms. The maximum absolute atomic E-state index is 6.40. The predicted octanol–water partition coefficient (Wildman–Crippen LogP) is 7.86. The first-order chi connectivity index (χ1) is 15.6. The maximum atomic E-state index is 6.40. The molecule has 32 heavy (non-hydrogen) atoms. The molecule has 0 bridgehead atoms. The summed E-state index contributed by atoms with van der Waals surface area (Å²) in [5.74, 6) is -0.657. The Balaban J connectivity index is 5.82. The molecule has 0 amide bonds. The molecule has 1 unspecified atom stereocenters. The predicted molar refractivity (Wildman–Crippen MR) is 141 cm³/mol. The van der Waals surface area contributed by atoms with Crippen molar-refractivity contribution in [2.24, 2.45) is 0 Å². The average molecular weight is 457 g/mol. The summed E-state index contributed by atoms with van der Waals surface area (Å²) >= 11 is 0. The van der Waals surface area contributed by atoms with Gasteiger partial charge in [0, 0.05) is 27.3 Å². The van der Waals surface area contributed by atoms with Crippen LogP contribution in [0.3, 0.4) is 0 Å². The SMILES string of the molecule is CCCCCCCCC(N(CCCC)CCCC)C(OC)(OC)N(CCCC)CCCC. The molecule has 0 aliphatic rings. The summed E-state index contributed by atoms with van der Waals surface area (Å²) in [6, 6.07) is 0.274. The Morgan fingerprint density at radius 2 is 0.938 bits per heavy atom. The van der Waals surface area contributed by atoms with Crippen molar-refractivity contribution in [3.05, 3.63) is 0 Å². The van der Waals surface area contributed by atoms with E-state index in [1.54, 1.807) is 0 Å². The third-order valence-electron chi connectivity index (χ3n) is 6.88. The standard InChI is InChI=1S/C28H60N2O2/c1-8-13-18-19-20-21-22-27(29(23-14-9-2)24-15-10-3)28(31-6,32-7)30(25-16-11-4)26-17-12-5/h27H,8-26H2,1-7H3. The number of ether oxygens (including phenoxy) is 2. The zero-order chi connectivity index (χ0) is 24.1. The lowest BCUT2D eigenvalue weighted by molar-refractivity contribution is -0.326. The lowest BCUT2D eigenvalue weighted by Crippen LogP contribution is -2.65. The van der Waals surface area contributed by atoms with Gasteiger partial charge >= 0.3 is 0 Å². The molecular formula is C28H60N2O2. The van der Waals surface area contributed by atoms with Crippen molar-refractivity contribution in [3.63, 3.8) is 0 Å². The molecule has 194 valence electrons. The molecule has 0 fully saturated rings. The molecular weight excluding hydrogens is 396 g/mol. The van der Waals surface area contributed by atoms with Crippen LogP contribution in [-0.2, 0) is 9.47 Å². The van der Waals surface area contributed by atoms with Gasteiger partial charge < -0.3 is 9.47 Å². The van der Waals surface area contributed by atoms with Crippen LogP contribution in [0.1, 0.15) is 131 Å². The zero-order valence-corrected chi connectivity index (χ0v) is 23.2. The molecule has 0 aliphatic heterocycles. The van der Waals surface area contributed by atoms with E-state index in [4.69, 9.17) is 9.47 Å². The number of hydrogen-bond donors (Lipinski definition) is 0. The molecule has 1 atom stereocenters. The van der Waals surface area contributed by atoms with Gasteiger partial charge in [0.1, 0.15) is 0 Å². The Labute approximate surface area is 202 Å². The molecule has 0 aromatic heterocycles. The molecule has 0 heterocycles. The lowest BCUT2D eigenvalue weighted by atomic mass is 9.99. The lowest BCUT2D eigenvalue weighted by Gasteiger charge is -2.50. The van der Waals surface area contributed by atoms with Crippen LogP contribution < -0.4 is 0 Å². The minimum absolute atomic E-state index is 0.274. The van der Waals surface area contributed by atoms with Gasteiger partial charge in [-0.1, -0.05) is 98.8 Å². The van der Waals surface area contributed by atoms with E-state index in [1.165, 1.54) is 89.9 Å². The third kappa shape index (κ3) is 11.8. The largest absolute Gasteiger partial charge is 0.339 e. The molecule has 0 saturated carbocycles. The molecule has 4 heteroatoms. The summed E-state index contributed by atoms with van der Waals surface area (Å²) in [7, 11) is 3.75. The molecule has 0 aromatic rings. The number of methoxy groups -OCH3 is 2. The fraction of sp³-hybridized carbons (Fsp3) is 1.00. The van der Waals surface area contributed by atoms with E-state index in [2.05, 4.69) is 44.4 Å². The van der Waals surface area contributed by atoms with E-state index < -0.39 is 5.91 Å². The summed E-state index contributed by atoms with van der Waals surface area (Å²) in [6.07, 6.45) is 18.8. The van der Waals surface area contributed by atoms with Crippen molar-refractivity contribution in [1.29, 1.82) is 0 Å². The molecule has 0 rings (SSSR count). The quantitative estimate of drug-likeness (QED) is 0.109. The fourth-order valence-corrected chi connectivity index (χ4v) is 4.81. The highest BCUT2D eigenvalue weighted by atomic mass is 16.7. The zero-order valence-electron chi connectivity index (χ0n) is 23.2. The van der Waals surface area contributed by atoms with Gasteiger partial charge in [0.2, 0.25) is 5.91 Å². The summed E-state index contributed by atoms with van der Waals surface area (Å²) in [5, 5.41) is 0. The minimum atomic E-state index is -0.657.